The molecule has 0 unspecified atom stereocenters. The molecule has 2 aromatic rings. The van der Waals surface area contributed by atoms with Crippen molar-refractivity contribution in [2.24, 2.45) is 0 Å². The van der Waals surface area contributed by atoms with Gasteiger partial charge in [0.1, 0.15) is 5.82 Å². The minimum Gasteiger partial charge on any atom is -0.294 e. The Morgan fingerprint density at radius 2 is 1.74 bits per heavy atom. The summed E-state index contributed by atoms with van der Waals surface area (Å²) in [6, 6.07) is 9.88. The standard InChI is InChI=1S/C14H8Br3FO/c15-9-1-2-13(17)12(7-9)14(19)5-8-3-10(16)6-11(18)4-8/h1-4,6-7H,5H2. The number of halogens is 4. The minimum absolute atomic E-state index is 0.0642. The van der Waals surface area contributed by atoms with Gasteiger partial charge in [-0.15, -0.1) is 0 Å². The van der Waals surface area contributed by atoms with Crippen LogP contribution < -0.4 is 0 Å². The zero-order valence-corrected chi connectivity index (χ0v) is 14.3. The lowest BCUT2D eigenvalue weighted by Gasteiger charge is -2.05. The molecule has 5 heteroatoms. The number of benzene rings is 2. The van der Waals surface area contributed by atoms with E-state index in [0.29, 0.717) is 15.6 Å². The second kappa shape index (κ2) is 6.29. The van der Waals surface area contributed by atoms with Crippen LogP contribution in [0.5, 0.6) is 0 Å². The summed E-state index contributed by atoms with van der Waals surface area (Å²) >= 11 is 9.90. The van der Waals surface area contributed by atoms with E-state index in [0.717, 1.165) is 8.95 Å². The topological polar surface area (TPSA) is 17.1 Å². The van der Waals surface area contributed by atoms with Gasteiger partial charge in [-0.1, -0.05) is 47.8 Å². The number of ketones is 1. The normalized spacial score (nSPS) is 10.5. The van der Waals surface area contributed by atoms with Gasteiger partial charge in [0.05, 0.1) is 0 Å². The molecule has 19 heavy (non-hydrogen) atoms. The van der Waals surface area contributed by atoms with Crippen molar-refractivity contribution in [1.29, 1.82) is 0 Å². The molecule has 2 aromatic carbocycles. The molecule has 0 bridgehead atoms. The van der Waals surface area contributed by atoms with Gasteiger partial charge in [-0.05, 0) is 42.0 Å². The second-order valence-corrected chi connectivity index (χ2v) is 6.69. The Kier molecular flexibility index (Phi) is 4.92. The highest BCUT2D eigenvalue weighted by Gasteiger charge is 2.12. The van der Waals surface area contributed by atoms with Crippen molar-refractivity contribution >= 4 is 53.6 Å². The summed E-state index contributed by atoms with van der Waals surface area (Å²) < 4.78 is 15.5. The summed E-state index contributed by atoms with van der Waals surface area (Å²) in [6.07, 6.45) is 0.158. The van der Waals surface area contributed by atoms with Gasteiger partial charge in [-0.2, -0.15) is 0 Å². The summed E-state index contributed by atoms with van der Waals surface area (Å²) in [5, 5.41) is 0. The zero-order chi connectivity index (χ0) is 14.0. The maximum absolute atomic E-state index is 13.3. The van der Waals surface area contributed by atoms with Gasteiger partial charge in [0.2, 0.25) is 0 Å². The van der Waals surface area contributed by atoms with Gasteiger partial charge >= 0.3 is 0 Å². The third kappa shape index (κ3) is 3.97. The lowest BCUT2D eigenvalue weighted by Crippen LogP contribution is -2.05. The molecular formula is C14H8Br3FO. The quantitative estimate of drug-likeness (QED) is 0.561. The first kappa shape index (κ1) is 14.9. The van der Waals surface area contributed by atoms with E-state index in [1.807, 2.05) is 6.07 Å². The first-order chi connectivity index (χ1) is 8.95. The van der Waals surface area contributed by atoms with Crippen LogP contribution in [0.2, 0.25) is 0 Å². The summed E-state index contributed by atoms with van der Waals surface area (Å²) in [5.41, 5.74) is 1.22. The summed E-state index contributed by atoms with van der Waals surface area (Å²) in [7, 11) is 0. The molecule has 0 radical (unpaired) electrons. The lowest BCUT2D eigenvalue weighted by molar-refractivity contribution is 0.0992. The van der Waals surface area contributed by atoms with E-state index < -0.39 is 0 Å². The molecule has 2 rings (SSSR count). The molecule has 0 fully saturated rings. The predicted octanol–water partition coefficient (Wildman–Crippen LogP) is 5.54. The Labute approximate surface area is 135 Å². The van der Waals surface area contributed by atoms with Crippen LogP contribution in [-0.4, -0.2) is 5.78 Å². The van der Waals surface area contributed by atoms with Gasteiger partial charge in [0.25, 0.3) is 0 Å². The molecule has 98 valence electrons. The van der Waals surface area contributed by atoms with Gasteiger partial charge in [-0.3, -0.25) is 4.79 Å². The Hall–Kier alpha value is -0.520. The maximum atomic E-state index is 13.3. The van der Waals surface area contributed by atoms with Crippen LogP contribution in [0.1, 0.15) is 15.9 Å². The molecule has 0 saturated carbocycles. The molecule has 0 spiro atoms. The monoisotopic (exact) mass is 448 g/mol. The Bertz CT molecular complexity index is 620. The predicted molar refractivity (Wildman–Crippen MR) is 84.0 cm³/mol. The fraction of sp³-hybridized carbons (Fsp3) is 0.0714. The minimum atomic E-state index is -0.356. The summed E-state index contributed by atoms with van der Waals surface area (Å²) in [4.78, 5) is 12.2. The van der Waals surface area contributed by atoms with Crippen molar-refractivity contribution in [2.75, 3.05) is 0 Å². The molecular weight excluding hydrogens is 443 g/mol. The molecule has 0 aliphatic heterocycles. The largest absolute Gasteiger partial charge is 0.294 e. The smallest absolute Gasteiger partial charge is 0.168 e. The van der Waals surface area contributed by atoms with E-state index in [4.69, 9.17) is 0 Å². The van der Waals surface area contributed by atoms with Crippen LogP contribution >= 0.6 is 47.8 Å². The Morgan fingerprint density at radius 3 is 2.42 bits per heavy atom. The van der Waals surface area contributed by atoms with E-state index in [-0.39, 0.29) is 18.0 Å². The van der Waals surface area contributed by atoms with Crippen LogP contribution in [-0.2, 0) is 6.42 Å². The van der Waals surface area contributed by atoms with E-state index in [9.17, 15) is 9.18 Å². The van der Waals surface area contributed by atoms with Crippen molar-refractivity contribution in [3.8, 4) is 0 Å². The second-order valence-electron chi connectivity index (χ2n) is 4.00. The molecule has 0 atom stereocenters. The van der Waals surface area contributed by atoms with Crippen molar-refractivity contribution in [1.82, 2.24) is 0 Å². The highest BCUT2D eigenvalue weighted by molar-refractivity contribution is 9.11. The van der Waals surface area contributed by atoms with Gasteiger partial charge in [-0.25, -0.2) is 4.39 Å². The van der Waals surface area contributed by atoms with Crippen LogP contribution in [0.4, 0.5) is 4.39 Å². The molecule has 0 N–H and O–H groups in total. The van der Waals surface area contributed by atoms with Gasteiger partial charge in [0.15, 0.2) is 5.78 Å². The molecule has 0 heterocycles. The average Bonchev–Trinajstić information content (AvgIpc) is 2.30. The number of hydrogen-bond acceptors (Lipinski definition) is 1. The highest BCUT2D eigenvalue weighted by atomic mass is 79.9. The summed E-state index contributed by atoms with van der Waals surface area (Å²) in [6.45, 7) is 0. The fourth-order valence-electron chi connectivity index (χ4n) is 1.70. The Morgan fingerprint density at radius 1 is 1.00 bits per heavy atom. The van der Waals surface area contributed by atoms with E-state index in [1.165, 1.54) is 12.1 Å². The average molecular weight is 451 g/mol. The summed E-state index contributed by atoms with van der Waals surface area (Å²) in [5.74, 6) is -0.420. The maximum Gasteiger partial charge on any atom is 0.168 e. The number of hydrogen-bond donors (Lipinski definition) is 0. The Balaban J connectivity index is 2.28. The van der Waals surface area contributed by atoms with Crippen molar-refractivity contribution in [3.63, 3.8) is 0 Å². The zero-order valence-electron chi connectivity index (χ0n) is 9.59. The molecule has 1 nitrogen and oxygen atoms in total. The van der Waals surface area contributed by atoms with E-state index >= 15 is 0 Å². The molecule has 0 aromatic heterocycles. The van der Waals surface area contributed by atoms with Crippen molar-refractivity contribution < 1.29 is 9.18 Å². The van der Waals surface area contributed by atoms with E-state index in [1.54, 1.807) is 18.2 Å². The first-order valence-electron chi connectivity index (χ1n) is 5.39. The first-order valence-corrected chi connectivity index (χ1v) is 7.77. The van der Waals surface area contributed by atoms with Crippen LogP contribution in [0.3, 0.4) is 0 Å². The SMILES string of the molecule is O=C(Cc1cc(F)cc(Br)c1)c1cc(Br)ccc1Br. The van der Waals surface area contributed by atoms with Crippen molar-refractivity contribution in [2.45, 2.75) is 6.42 Å². The third-order valence-corrected chi connectivity index (χ3v) is 4.16. The number of carbonyl (C=O) groups is 1. The fourth-order valence-corrected chi connectivity index (χ4v) is 3.05. The van der Waals surface area contributed by atoms with Gasteiger partial charge < -0.3 is 0 Å². The van der Waals surface area contributed by atoms with Crippen LogP contribution in [0, 0.1) is 5.82 Å². The van der Waals surface area contributed by atoms with Crippen LogP contribution in [0.15, 0.2) is 49.8 Å². The lowest BCUT2D eigenvalue weighted by atomic mass is 10.0. The van der Waals surface area contributed by atoms with E-state index in [2.05, 4.69) is 47.8 Å². The van der Waals surface area contributed by atoms with Gasteiger partial charge in [0, 0.05) is 25.4 Å². The molecule has 0 saturated heterocycles. The molecule has 0 aliphatic rings. The highest BCUT2D eigenvalue weighted by Crippen LogP contribution is 2.24. The third-order valence-electron chi connectivity index (χ3n) is 2.52. The number of rotatable bonds is 3. The van der Waals surface area contributed by atoms with Crippen LogP contribution in [0.25, 0.3) is 0 Å². The molecule has 0 aliphatic carbocycles. The number of Topliss-reactive ketones (excluding diaryl/α,β-unsaturated/α-hetero) is 1. The number of carbonyl (C=O) groups excluding carboxylic acids is 1. The van der Waals surface area contributed by atoms with Crippen molar-refractivity contribution in [3.05, 3.63) is 66.8 Å². The molecule has 0 amide bonds.